The smallest absolute Gasteiger partial charge is 0.228 e. The van der Waals surface area contributed by atoms with Crippen LogP contribution in [0.25, 0.3) is 0 Å². The average molecular weight is 446 g/mol. The van der Waals surface area contributed by atoms with E-state index >= 15 is 0 Å². The standard InChI is InChI=1S/C24H30O8/c1-22-21(14-11-18(27-5)20(29-7)19(12-14)28-6)31-24(30-8,23(22,2)32-22)15-9-10-16(25-3)17(13-15)26-4/h9-13,21H,1-8H3/t21-,22+,23+,24-/m1/s1. The second-order valence-corrected chi connectivity index (χ2v) is 8.09. The number of rotatable bonds is 8. The Morgan fingerprint density at radius 2 is 1.31 bits per heavy atom. The topological polar surface area (TPSA) is 77.1 Å². The summed E-state index contributed by atoms with van der Waals surface area (Å²) in [5.74, 6) is 1.61. The molecule has 0 aromatic heterocycles. The molecule has 0 aliphatic carbocycles. The molecule has 2 heterocycles. The van der Waals surface area contributed by atoms with Crippen molar-refractivity contribution in [1.82, 2.24) is 0 Å². The third-order valence-corrected chi connectivity index (χ3v) is 6.77. The van der Waals surface area contributed by atoms with Crippen molar-refractivity contribution in [3.05, 3.63) is 41.5 Å². The highest BCUT2D eigenvalue weighted by molar-refractivity contribution is 5.56. The summed E-state index contributed by atoms with van der Waals surface area (Å²) < 4.78 is 46.5. The van der Waals surface area contributed by atoms with Gasteiger partial charge in [-0.1, -0.05) is 0 Å². The third-order valence-electron chi connectivity index (χ3n) is 6.77. The lowest BCUT2D eigenvalue weighted by atomic mass is 9.83. The largest absolute Gasteiger partial charge is 0.493 e. The van der Waals surface area contributed by atoms with Crippen molar-refractivity contribution in [3.8, 4) is 28.7 Å². The summed E-state index contributed by atoms with van der Waals surface area (Å²) in [4.78, 5) is 0. The zero-order valence-corrected chi connectivity index (χ0v) is 19.7. The first-order valence-corrected chi connectivity index (χ1v) is 10.2. The lowest BCUT2D eigenvalue weighted by Gasteiger charge is -2.34. The Kier molecular flexibility index (Phi) is 5.43. The van der Waals surface area contributed by atoms with E-state index in [0.29, 0.717) is 28.7 Å². The van der Waals surface area contributed by atoms with Crippen LogP contribution in [-0.2, 0) is 20.0 Å². The van der Waals surface area contributed by atoms with Gasteiger partial charge in [0.1, 0.15) is 11.7 Å². The molecule has 2 aliphatic heterocycles. The predicted molar refractivity (Wildman–Crippen MR) is 116 cm³/mol. The predicted octanol–water partition coefficient (Wildman–Crippen LogP) is 3.85. The molecule has 2 aliphatic rings. The number of fused-ring (bicyclic) bond motifs is 1. The summed E-state index contributed by atoms with van der Waals surface area (Å²) >= 11 is 0. The van der Waals surface area contributed by atoms with Gasteiger partial charge in [-0.15, -0.1) is 0 Å². The molecule has 8 heteroatoms. The molecule has 2 saturated heterocycles. The van der Waals surface area contributed by atoms with E-state index in [4.69, 9.17) is 37.9 Å². The highest BCUT2D eigenvalue weighted by Crippen LogP contribution is 2.72. The van der Waals surface area contributed by atoms with E-state index in [0.717, 1.165) is 11.1 Å². The van der Waals surface area contributed by atoms with Crippen LogP contribution in [0.5, 0.6) is 28.7 Å². The molecule has 0 radical (unpaired) electrons. The molecule has 174 valence electrons. The Morgan fingerprint density at radius 1 is 0.719 bits per heavy atom. The normalized spacial score (nSPS) is 30.4. The fourth-order valence-electron chi connectivity index (χ4n) is 4.87. The summed E-state index contributed by atoms with van der Waals surface area (Å²) in [5.41, 5.74) is 0.184. The lowest BCUT2D eigenvalue weighted by molar-refractivity contribution is -0.279. The van der Waals surface area contributed by atoms with Gasteiger partial charge in [0.05, 0.1) is 35.5 Å². The molecule has 4 atom stereocenters. The Bertz CT molecular complexity index is 998. The molecule has 2 aromatic carbocycles. The zero-order chi connectivity index (χ0) is 23.3. The van der Waals surface area contributed by atoms with E-state index in [9.17, 15) is 0 Å². The molecule has 0 bridgehead atoms. The molecule has 2 fully saturated rings. The van der Waals surface area contributed by atoms with Crippen molar-refractivity contribution in [2.24, 2.45) is 0 Å². The van der Waals surface area contributed by atoms with E-state index in [2.05, 4.69) is 0 Å². The van der Waals surface area contributed by atoms with Crippen LogP contribution in [0.2, 0.25) is 0 Å². The number of hydrogen-bond acceptors (Lipinski definition) is 8. The Morgan fingerprint density at radius 3 is 1.81 bits per heavy atom. The van der Waals surface area contributed by atoms with E-state index in [-0.39, 0.29) is 0 Å². The van der Waals surface area contributed by atoms with Crippen LogP contribution in [-0.4, -0.2) is 53.9 Å². The SMILES string of the molecule is COc1ccc([C@@]2(OC)O[C@H](c3cc(OC)c(OC)c(OC)c3)[C@]3(C)O[C@]23C)cc1OC. The first kappa shape index (κ1) is 22.5. The maximum absolute atomic E-state index is 6.69. The Balaban J connectivity index is 1.83. The molecule has 0 amide bonds. The molecule has 0 unspecified atom stereocenters. The molecule has 0 saturated carbocycles. The first-order chi connectivity index (χ1) is 15.3. The minimum absolute atomic E-state index is 0.464. The molecule has 32 heavy (non-hydrogen) atoms. The van der Waals surface area contributed by atoms with Crippen molar-refractivity contribution in [2.45, 2.75) is 36.9 Å². The molecule has 8 nitrogen and oxygen atoms in total. The van der Waals surface area contributed by atoms with E-state index in [1.807, 2.05) is 44.2 Å². The second kappa shape index (κ2) is 7.72. The monoisotopic (exact) mass is 446 g/mol. The highest BCUT2D eigenvalue weighted by atomic mass is 16.8. The van der Waals surface area contributed by atoms with Crippen molar-refractivity contribution < 1.29 is 37.9 Å². The fraction of sp³-hybridized carbons (Fsp3) is 0.500. The van der Waals surface area contributed by atoms with Gasteiger partial charge in [0.25, 0.3) is 0 Å². The first-order valence-electron chi connectivity index (χ1n) is 10.2. The number of methoxy groups -OCH3 is 6. The van der Waals surface area contributed by atoms with Crippen LogP contribution in [0.3, 0.4) is 0 Å². The van der Waals surface area contributed by atoms with Crippen molar-refractivity contribution in [2.75, 3.05) is 42.7 Å². The Labute approximate surface area is 188 Å². The van der Waals surface area contributed by atoms with E-state index < -0.39 is 23.1 Å². The minimum Gasteiger partial charge on any atom is -0.493 e. The maximum atomic E-state index is 6.69. The van der Waals surface area contributed by atoms with Crippen LogP contribution >= 0.6 is 0 Å². The molecule has 0 N–H and O–H groups in total. The van der Waals surface area contributed by atoms with Crippen LogP contribution in [0.4, 0.5) is 0 Å². The molecule has 2 aromatic rings. The van der Waals surface area contributed by atoms with Crippen LogP contribution in [0, 0.1) is 0 Å². The Hall–Kier alpha value is -2.68. The number of hydrogen-bond donors (Lipinski definition) is 0. The van der Waals surface area contributed by atoms with Gasteiger partial charge in [0, 0.05) is 12.7 Å². The third kappa shape index (κ3) is 2.79. The van der Waals surface area contributed by atoms with Gasteiger partial charge in [-0.2, -0.15) is 0 Å². The molecular formula is C24H30O8. The molecule has 0 spiro atoms. The van der Waals surface area contributed by atoms with E-state index in [1.165, 1.54) is 0 Å². The minimum atomic E-state index is -1.17. The average Bonchev–Trinajstić information content (AvgIpc) is 3.34. The summed E-state index contributed by atoms with van der Waals surface area (Å²) in [5, 5.41) is 0. The summed E-state index contributed by atoms with van der Waals surface area (Å²) in [6, 6.07) is 9.33. The van der Waals surface area contributed by atoms with Crippen molar-refractivity contribution in [1.29, 1.82) is 0 Å². The van der Waals surface area contributed by atoms with Crippen molar-refractivity contribution in [3.63, 3.8) is 0 Å². The van der Waals surface area contributed by atoms with Gasteiger partial charge in [-0.25, -0.2) is 0 Å². The van der Waals surface area contributed by atoms with Gasteiger partial charge in [-0.05, 0) is 49.7 Å². The van der Waals surface area contributed by atoms with Crippen LogP contribution < -0.4 is 23.7 Å². The maximum Gasteiger partial charge on any atom is 0.228 e. The van der Waals surface area contributed by atoms with E-state index in [1.54, 1.807) is 42.7 Å². The van der Waals surface area contributed by atoms with Gasteiger partial charge in [-0.3, -0.25) is 0 Å². The number of epoxide rings is 1. The van der Waals surface area contributed by atoms with Gasteiger partial charge >= 0.3 is 0 Å². The van der Waals surface area contributed by atoms with Gasteiger partial charge in [0.15, 0.2) is 28.6 Å². The summed E-state index contributed by atoms with van der Waals surface area (Å²) in [6.45, 7) is 4.01. The van der Waals surface area contributed by atoms with Crippen LogP contribution in [0.15, 0.2) is 30.3 Å². The van der Waals surface area contributed by atoms with Crippen LogP contribution in [0.1, 0.15) is 31.1 Å². The molecular weight excluding hydrogens is 416 g/mol. The zero-order valence-electron chi connectivity index (χ0n) is 19.7. The summed E-state index contributed by atoms with van der Waals surface area (Å²) in [6.07, 6.45) is -0.464. The number of ether oxygens (including phenoxy) is 8. The quantitative estimate of drug-likeness (QED) is 0.566. The van der Waals surface area contributed by atoms with Gasteiger partial charge in [0.2, 0.25) is 11.5 Å². The van der Waals surface area contributed by atoms with Crippen molar-refractivity contribution >= 4 is 0 Å². The summed E-state index contributed by atoms with van der Waals surface area (Å²) in [7, 11) is 9.54. The lowest BCUT2D eigenvalue weighted by Crippen LogP contribution is -2.42. The second-order valence-electron chi connectivity index (χ2n) is 8.09. The van der Waals surface area contributed by atoms with Gasteiger partial charge < -0.3 is 37.9 Å². The highest BCUT2D eigenvalue weighted by Gasteiger charge is 2.85. The fourth-order valence-corrected chi connectivity index (χ4v) is 4.87. The molecule has 4 rings (SSSR count). The number of benzene rings is 2.